The Bertz CT molecular complexity index is 1670. The van der Waals surface area contributed by atoms with Crippen molar-refractivity contribution in [2.45, 2.75) is 19.1 Å². The van der Waals surface area contributed by atoms with Gasteiger partial charge in [0.1, 0.15) is 15.5 Å². The van der Waals surface area contributed by atoms with Crippen molar-refractivity contribution < 1.29 is 18.0 Å². The Labute approximate surface area is 210 Å². The van der Waals surface area contributed by atoms with Crippen LogP contribution in [0.15, 0.2) is 65.0 Å². The SMILES string of the molecule is C[C@H](NC(=O)c1cnc2c(n1)c1c(Cl)scc1c(=O)n2-c1ccc(C(F)(F)F)cc1)c1ccccn1. The average molecular weight is 530 g/mol. The normalized spacial score (nSPS) is 12.7. The number of carbonyl (C=O) groups is 1. The summed E-state index contributed by atoms with van der Waals surface area (Å²) in [5, 5.41) is 4.88. The summed E-state index contributed by atoms with van der Waals surface area (Å²) in [6.45, 7) is 1.77. The van der Waals surface area contributed by atoms with Crippen LogP contribution in [0, 0.1) is 0 Å². The fraction of sp³-hybridized carbons (Fsp3) is 0.125. The standard InChI is InChI=1S/C24H15ClF3N5O2S/c1-12(16-4-2-3-9-29-16)31-22(34)17-10-30-21-19(32-17)18-15(11-36-20(18)25)23(35)33(21)14-7-5-13(6-8-14)24(26,27)28/h2-12H,1H3,(H,31,34)/t12-/m0/s1. The van der Waals surface area contributed by atoms with Gasteiger partial charge in [-0.15, -0.1) is 11.3 Å². The maximum Gasteiger partial charge on any atom is 0.416 e. The summed E-state index contributed by atoms with van der Waals surface area (Å²) in [5.74, 6) is -0.519. The number of nitrogens with one attached hydrogen (secondary N) is 1. The molecule has 5 aromatic rings. The highest BCUT2D eigenvalue weighted by Gasteiger charge is 2.30. The van der Waals surface area contributed by atoms with Gasteiger partial charge in [0, 0.05) is 17.0 Å². The number of hydrogen-bond acceptors (Lipinski definition) is 6. The van der Waals surface area contributed by atoms with Crippen molar-refractivity contribution in [2.75, 3.05) is 0 Å². The minimum Gasteiger partial charge on any atom is -0.343 e. The number of rotatable bonds is 4. The quantitative estimate of drug-likeness (QED) is 0.329. The van der Waals surface area contributed by atoms with Crippen LogP contribution in [0.1, 0.15) is 34.7 Å². The molecule has 36 heavy (non-hydrogen) atoms. The predicted octanol–water partition coefficient (Wildman–Crippen LogP) is 5.55. The number of pyridine rings is 2. The number of nitrogens with zero attached hydrogens (tertiary/aromatic N) is 4. The van der Waals surface area contributed by atoms with Crippen molar-refractivity contribution in [3.8, 4) is 5.69 Å². The molecule has 5 rings (SSSR count). The number of aromatic nitrogens is 4. The number of halogens is 4. The third-order valence-corrected chi connectivity index (χ3v) is 6.77. The van der Waals surface area contributed by atoms with E-state index in [9.17, 15) is 22.8 Å². The first-order valence-corrected chi connectivity index (χ1v) is 11.8. The average Bonchev–Trinajstić information content (AvgIpc) is 3.26. The first kappa shape index (κ1) is 23.9. The van der Waals surface area contributed by atoms with Gasteiger partial charge in [0.15, 0.2) is 5.65 Å². The lowest BCUT2D eigenvalue weighted by Crippen LogP contribution is -2.28. The Balaban J connectivity index is 1.64. The Morgan fingerprint density at radius 1 is 1.14 bits per heavy atom. The van der Waals surface area contributed by atoms with Gasteiger partial charge in [-0.3, -0.25) is 19.1 Å². The maximum atomic E-state index is 13.3. The lowest BCUT2D eigenvalue weighted by atomic mass is 10.1. The monoisotopic (exact) mass is 529 g/mol. The number of carbonyl (C=O) groups excluding carboxylic acids is 1. The lowest BCUT2D eigenvalue weighted by Gasteiger charge is -2.14. The number of fused-ring (bicyclic) bond motifs is 3. The van der Waals surface area contributed by atoms with Crippen LogP contribution in [0.5, 0.6) is 0 Å². The molecule has 0 aliphatic heterocycles. The molecule has 1 atom stereocenters. The second-order valence-electron chi connectivity index (χ2n) is 7.86. The van der Waals surface area contributed by atoms with Crippen LogP contribution in [0.2, 0.25) is 4.34 Å². The second kappa shape index (κ2) is 8.99. The number of thiophene rings is 1. The fourth-order valence-corrected chi connectivity index (χ4v) is 4.86. The smallest absolute Gasteiger partial charge is 0.343 e. The summed E-state index contributed by atoms with van der Waals surface area (Å²) in [5.41, 5.74) is -0.343. The Kier molecular flexibility index (Phi) is 5.97. The summed E-state index contributed by atoms with van der Waals surface area (Å²) < 4.78 is 40.6. The zero-order chi connectivity index (χ0) is 25.6. The maximum absolute atomic E-state index is 13.3. The van der Waals surface area contributed by atoms with Crippen LogP contribution in [0.4, 0.5) is 13.2 Å². The number of benzene rings is 1. The summed E-state index contributed by atoms with van der Waals surface area (Å²) in [6.07, 6.45) is -1.70. The topological polar surface area (TPSA) is 89.8 Å². The molecule has 0 aliphatic carbocycles. The predicted molar refractivity (Wildman–Crippen MR) is 131 cm³/mol. The molecule has 4 heterocycles. The number of amides is 1. The highest BCUT2D eigenvalue weighted by Crippen LogP contribution is 2.34. The van der Waals surface area contributed by atoms with E-state index in [0.29, 0.717) is 11.1 Å². The molecule has 0 saturated heterocycles. The zero-order valence-electron chi connectivity index (χ0n) is 18.4. The number of alkyl halides is 3. The lowest BCUT2D eigenvalue weighted by molar-refractivity contribution is -0.137. The van der Waals surface area contributed by atoms with E-state index in [-0.39, 0.29) is 32.3 Å². The highest BCUT2D eigenvalue weighted by molar-refractivity contribution is 7.16. The molecule has 0 bridgehead atoms. The molecule has 7 nitrogen and oxygen atoms in total. The van der Waals surface area contributed by atoms with E-state index in [1.54, 1.807) is 31.3 Å². The first-order chi connectivity index (χ1) is 17.1. The molecule has 0 radical (unpaired) electrons. The molecule has 0 unspecified atom stereocenters. The molecular weight excluding hydrogens is 515 g/mol. The van der Waals surface area contributed by atoms with Gasteiger partial charge in [0.2, 0.25) is 0 Å². The van der Waals surface area contributed by atoms with E-state index in [1.807, 2.05) is 0 Å². The van der Waals surface area contributed by atoms with Crippen LogP contribution in [0.25, 0.3) is 27.6 Å². The second-order valence-corrected chi connectivity index (χ2v) is 9.34. The van der Waals surface area contributed by atoms with Crippen molar-refractivity contribution in [3.63, 3.8) is 0 Å². The van der Waals surface area contributed by atoms with Gasteiger partial charge in [0.25, 0.3) is 11.5 Å². The molecule has 1 aromatic carbocycles. The van der Waals surface area contributed by atoms with Gasteiger partial charge in [-0.05, 0) is 43.3 Å². The fourth-order valence-electron chi connectivity index (χ4n) is 3.77. The summed E-state index contributed by atoms with van der Waals surface area (Å²) in [6, 6.07) is 9.05. The molecule has 0 aliphatic rings. The van der Waals surface area contributed by atoms with Gasteiger partial charge in [-0.2, -0.15) is 13.2 Å². The molecule has 0 spiro atoms. The molecule has 1 amide bonds. The van der Waals surface area contributed by atoms with Crippen molar-refractivity contribution in [1.29, 1.82) is 0 Å². The van der Waals surface area contributed by atoms with Crippen LogP contribution < -0.4 is 10.9 Å². The van der Waals surface area contributed by atoms with E-state index >= 15 is 0 Å². The Morgan fingerprint density at radius 2 is 1.89 bits per heavy atom. The summed E-state index contributed by atoms with van der Waals surface area (Å²) >= 11 is 7.46. The zero-order valence-corrected chi connectivity index (χ0v) is 19.9. The van der Waals surface area contributed by atoms with Gasteiger partial charge in [-0.25, -0.2) is 9.97 Å². The van der Waals surface area contributed by atoms with Gasteiger partial charge >= 0.3 is 6.18 Å². The van der Waals surface area contributed by atoms with E-state index in [1.165, 1.54) is 23.7 Å². The third-order valence-electron chi connectivity index (χ3n) is 5.55. The van der Waals surface area contributed by atoms with Crippen molar-refractivity contribution in [3.05, 3.63) is 91.9 Å². The van der Waals surface area contributed by atoms with E-state index in [4.69, 9.17) is 11.6 Å². The van der Waals surface area contributed by atoms with Crippen molar-refractivity contribution >= 4 is 50.8 Å². The van der Waals surface area contributed by atoms with Crippen LogP contribution in [0.3, 0.4) is 0 Å². The molecule has 0 fully saturated rings. The largest absolute Gasteiger partial charge is 0.416 e. The molecule has 182 valence electrons. The van der Waals surface area contributed by atoms with Crippen molar-refractivity contribution in [1.82, 2.24) is 24.8 Å². The summed E-state index contributed by atoms with van der Waals surface area (Å²) in [7, 11) is 0. The summed E-state index contributed by atoms with van der Waals surface area (Å²) in [4.78, 5) is 39.2. The van der Waals surface area contributed by atoms with Crippen LogP contribution in [-0.4, -0.2) is 25.4 Å². The molecule has 0 saturated carbocycles. The Morgan fingerprint density at radius 3 is 2.56 bits per heavy atom. The van der Waals surface area contributed by atoms with Crippen LogP contribution >= 0.6 is 22.9 Å². The molecular formula is C24H15ClF3N5O2S. The Hall–Kier alpha value is -3.83. The number of hydrogen-bond donors (Lipinski definition) is 1. The molecule has 1 N–H and O–H groups in total. The van der Waals surface area contributed by atoms with E-state index in [2.05, 4.69) is 20.3 Å². The first-order valence-electron chi connectivity index (χ1n) is 10.5. The van der Waals surface area contributed by atoms with E-state index in [0.717, 1.165) is 28.0 Å². The van der Waals surface area contributed by atoms with Crippen molar-refractivity contribution in [2.24, 2.45) is 0 Å². The minimum atomic E-state index is -4.52. The van der Waals surface area contributed by atoms with Gasteiger partial charge in [0.05, 0.1) is 34.6 Å². The third kappa shape index (κ3) is 4.20. The van der Waals surface area contributed by atoms with Crippen LogP contribution in [-0.2, 0) is 6.18 Å². The minimum absolute atomic E-state index is 0.0218. The molecule has 4 aromatic heterocycles. The highest BCUT2D eigenvalue weighted by atomic mass is 35.5. The van der Waals surface area contributed by atoms with E-state index < -0.39 is 29.2 Å². The molecule has 12 heteroatoms. The van der Waals surface area contributed by atoms with Gasteiger partial charge in [-0.1, -0.05) is 17.7 Å². The van der Waals surface area contributed by atoms with Gasteiger partial charge < -0.3 is 5.32 Å².